The van der Waals surface area contributed by atoms with Gasteiger partial charge in [0.25, 0.3) is 5.69 Å². The third-order valence-electron chi connectivity index (χ3n) is 4.46. The van der Waals surface area contributed by atoms with Crippen LogP contribution in [-0.2, 0) is 6.54 Å². The molecule has 0 aromatic heterocycles. The monoisotopic (exact) mass is 294 g/mol. The molecule has 1 atom stereocenters. The Hall–Kier alpha value is -1.49. The zero-order chi connectivity index (χ0) is 15.2. The highest BCUT2D eigenvalue weighted by Gasteiger charge is 2.20. The lowest BCUT2D eigenvalue weighted by atomic mass is 9.93. The Morgan fingerprint density at radius 3 is 2.62 bits per heavy atom. The van der Waals surface area contributed by atoms with Crippen LogP contribution in [0.1, 0.15) is 51.0 Å². The Kier molecular flexibility index (Phi) is 5.67. The summed E-state index contributed by atoms with van der Waals surface area (Å²) in [6, 6.07) is 3.93. The fourth-order valence-corrected chi connectivity index (χ4v) is 3.12. The zero-order valence-corrected chi connectivity index (χ0v) is 12.5. The third kappa shape index (κ3) is 4.49. The molecule has 0 unspecified atom stereocenters. The lowest BCUT2D eigenvalue weighted by Gasteiger charge is -2.23. The number of nitro groups is 1. The smallest absolute Gasteiger partial charge is 0.274 e. The summed E-state index contributed by atoms with van der Waals surface area (Å²) in [6.45, 7) is 2.47. The van der Waals surface area contributed by atoms with E-state index >= 15 is 0 Å². The van der Waals surface area contributed by atoms with Crippen LogP contribution in [0.15, 0.2) is 18.2 Å². The van der Waals surface area contributed by atoms with Crippen LogP contribution in [0.5, 0.6) is 0 Å². The van der Waals surface area contributed by atoms with E-state index in [0.29, 0.717) is 24.1 Å². The Morgan fingerprint density at radius 1 is 1.33 bits per heavy atom. The molecule has 5 heteroatoms. The second kappa shape index (κ2) is 7.50. The van der Waals surface area contributed by atoms with Gasteiger partial charge in [-0.25, -0.2) is 4.39 Å². The van der Waals surface area contributed by atoms with Gasteiger partial charge in [-0.05, 0) is 37.8 Å². The summed E-state index contributed by atoms with van der Waals surface area (Å²) in [5.41, 5.74) is 0.400. The summed E-state index contributed by atoms with van der Waals surface area (Å²) >= 11 is 0. The van der Waals surface area contributed by atoms with Crippen molar-refractivity contribution in [2.24, 2.45) is 5.92 Å². The van der Waals surface area contributed by atoms with Gasteiger partial charge in [-0.1, -0.05) is 25.7 Å². The fourth-order valence-electron chi connectivity index (χ4n) is 3.12. The molecule has 0 spiro atoms. The summed E-state index contributed by atoms with van der Waals surface area (Å²) < 4.78 is 13.3. The van der Waals surface area contributed by atoms with Crippen molar-refractivity contribution >= 4 is 5.69 Å². The third-order valence-corrected chi connectivity index (χ3v) is 4.46. The second-order valence-corrected chi connectivity index (χ2v) is 5.95. The maximum absolute atomic E-state index is 13.3. The Bertz CT molecular complexity index is 485. The first-order valence-corrected chi connectivity index (χ1v) is 7.74. The maximum atomic E-state index is 13.3. The van der Waals surface area contributed by atoms with Gasteiger partial charge in [-0.15, -0.1) is 0 Å². The molecule has 4 nitrogen and oxygen atoms in total. The van der Waals surface area contributed by atoms with Gasteiger partial charge in [0.2, 0.25) is 0 Å². The molecular weight excluding hydrogens is 271 g/mol. The molecule has 0 radical (unpaired) electrons. The van der Waals surface area contributed by atoms with Crippen LogP contribution >= 0.6 is 0 Å². The molecule has 1 aliphatic carbocycles. The van der Waals surface area contributed by atoms with Crippen LogP contribution < -0.4 is 5.32 Å². The number of halogens is 1. The maximum Gasteiger partial charge on any atom is 0.274 e. The number of nitrogens with one attached hydrogen (secondary N) is 1. The van der Waals surface area contributed by atoms with E-state index in [1.807, 2.05) is 0 Å². The van der Waals surface area contributed by atoms with Crippen molar-refractivity contribution in [2.75, 3.05) is 0 Å². The summed E-state index contributed by atoms with van der Waals surface area (Å²) in [5, 5.41) is 14.3. The van der Waals surface area contributed by atoms with Crippen LogP contribution in [0.4, 0.5) is 10.1 Å². The van der Waals surface area contributed by atoms with Crippen molar-refractivity contribution in [3.05, 3.63) is 39.7 Å². The number of hydrogen-bond donors (Lipinski definition) is 1. The quantitative estimate of drug-likeness (QED) is 0.503. The first kappa shape index (κ1) is 15.9. The number of nitro benzene ring substituents is 1. The van der Waals surface area contributed by atoms with Gasteiger partial charge >= 0.3 is 0 Å². The van der Waals surface area contributed by atoms with E-state index in [-0.39, 0.29) is 5.69 Å². The van der Waals surface area contributed by atoms with Crippen LogP contribution in [0, 0.1) is 21.8 Å². The molecule has 1 N–H and O–H groups in total. The van der Waals surface area contributed by atoms with Crippen LogP contribution in [0.2, 0.25) is 0 Å². The minimum atomic E-state index is -0.452. The van der Waals surface area contributed by atoms with Crippen LogP contribution in [-0.4, -0.2) is 11.0 Å². The van der Waals surface area contributed by atoms with Gasteiger partial charge < -0.3 is 5.32 Å². The molecule has 0 aliphatic heterocycles. The minimum Gasteiger partial charge on any atom is -0.310 e. The van der Waals surface area contributed by atoms with E-state index in [0.717, 1.165) is 6.07 Å². The SMILES string of the molecule is C[C@@H](NCc1cc(F)ccc1[N+](=O)[O-])C1CCCCCC1. The molecule has 1 fully saturated rings. The molecule has 0 amide bonds. The molecule has 0 bridgehead atoms. The van der Waals surface area contributed by atoms with Gasteiger partial charge in [0.15, 0.2) is 0 Å². The second-order valence-electron chi connectivity index (χ2n) is 5.95. The van der Waals surface area contributed by atoms with Gasteiger partial charge in [0.05, 0.1) is 4.92 Å². The molecule has 0 heterocycles. The number of hydrogen-bond acceptors (Lipinski definition) is 3. The lowest BCUT2D eigenvalue weighted by molar-refractivity contribution is -0.385. The average Bonchev–Trinajstić information content (AvgIpc) is 2.73. The first-order chi connectivity index (χ1) is 10.1. The number of nitrogens with zero attached hydrogens (tertiary/aromatic N) is 1. The highest BCUT2D eigenvalue weighted by molar-refractivity contribution is 5.40. The fraction of sp³-hybridized carbons (Fsp3) is 0.625. The molecular formula is C16H23FN2O2. The van der Waals surface area contributed by atoms with Crippen molar-refractivity contribution in [1.29, 1.82) is 0 Å². The standard InChI is InChI=1S/C16H23FN2O2/c1-12(13-6-4-2-3-5-7-13)18-11-14-10-15(17)8-9-16(14)19(20)21/h8-10,12-13,18H,2-7,11H2,1H3/t12-/m1/s1. The predicted octanol–water partition coefficient (Wildman–Crippen LogP) is 4.18. The molecule has 116 valence electrons. The normalized spacial score (nSPS) is 18.2. The van der Waals surface area contributed by atoms with E-state index in [1.165, 1.54) is 50.7 Å². The predicted molar refractivity (Wildman–Crippen MR) is 80.5 cm³/mol. The van der Waals surface area contributed by atoms with Gasteiger partial charge in [-0.2, -0.15) is 0 Å². The Morgan fingerprint density at radius 2 is 2.00 bits per heavy atom. The van der Waals surface area contributed by atoms with Gasteiger partial charge in [-0.3, -0.25) is 10.1 Å². The zero-order valence-electron chi connectivity index (χ0n) is 12.5. The largest absolute Gasteiger partial charge is 0.310 e. The summed E-state index contributed by atoms with van der Waals surface area (Å²) in [6.07, 6.45) is 7.55. The first-order valence-electron chi connectivity index (χ1n) is 7.74. The molecule has 1 aliphatic rings. The molecule has 0 saturated heterocycles. The minimum absolute atomic E-state index is 0.0167. The van der Waals surface area contributed by atoms with Crippen LogP contribution in [0.25, 0.3) is 0 Å². The van der Waals surface area contributed by atoms with Gasteiger partial charge in [0.1, 0.15) is 5.82 Å². The number of rotatable bonds is 5. The van der Waals surface area contributed by atoms with Crippen molar-refractivity contribution in [1.82, 2.24) is 5.32 Å². The van der Waals surface area contributed by atoms with E-state index in [9.17, 15) is 14.5 Å². The molecule has 2 rings (SSSR count). The number of benzene rings is 1. The summed E-state index contributed by atoms with van der Waals surface area (Å²) in [4.78, 5) is 10.5. The van der Waals surface area contributed by atoms with Crippen LogP contribution in [0.3, 0.4) is 0 Å². The van der Waals surface area contributed by atoms with E-state index in [4.69, 9.17) is 0 Å². The van der Waals surface area contributed by atoms with Gasteiger partial charge in [0, 0.05) is 24.2 Å². The highest BCUT2D eigenvalue weighted by Crippen LogP contribution is 2.26. The Labute approximate surface area is 124 Å². The Balaban J connectivity index is 1.98. The molecule has 1 aromatic carbocycles. The lowest BCUT2D eigenvalue weighted by Crippen LogP contribution is -2.33. The van der Waals surface area contributed by atoms with E-state index in [1.54, 1.807) is 0 Å². The summed E-state index contributed by atoms with van der Waals surface area (Å²) in [7, 11) is 0. The van der Waals surface area contributed by atoms with E-state index < -0.39 is 10.7 Å². The summed E-state index contributed by atoms with van der Waals surface area (Å²) in [5.74, 6) is 0.180. The van der Waals surface area contributed by atoms with E-state index in [2.05, 4.69) is 12.2 Å². The van der Waals surface area contributed by atoms with Crippen molar-refractivity contribution < 1.29 is 9.31 Å². The molecule has 21 heavy (non-hydrogen) atoms. The highest BCUT2D eigenvalue weighted by atomic mass is 19.1. The van der Waals surface area contributed by atoms with Crippen molar-refractivity contribution in [3.63, 3.8) is 0 Å². The van der Waals surface area contributed by atoms with Crippen molar-refractivity contribution in [3.8, 4) is 0 Å². The molecule has 1 saturated carbocycles. The average molecular weight is 294 g/mol. The topological polar surface area (TPSA) is 55.2 Å². The van der Waals surface area contributed by atoms with Crippen molar-refractivity contribution in [2.45, 2.75) is 58.0 Å². The molecule has 1 aromatic rings.